The van der Waals surface area contributed by atoms with E-state index < -0.39 is 0 Å². The normalized spacial score (nSPS) is 11.9. The Hall–Kier alpha value is -4.62. The number of aryl methyl sites for hydroxylation is 2. The molecule has 48 heavy (non-hydrogen) atoms. The summed E-state index contributed by atoms with van der Waals surface area (Å²) in [4.78, 5) is 17.9. The van der Waals surface area contributed by atoms with Gasteiger partial charge in [-0.2, -0.15) is 0 Å². The number of aromatic nitrogens is 1. The number of hydrogen-bond donors (Lipinski definition) is 1. The van der Waals surface area contributed by atoms with Crippen molar-refractivity contribution in [3.05, 3.63) is 132 Å². The molecule has 1 heterocycles. The van der Waals surface area contributed by atoms with Crippen LogP contribution >= 0.6 is 0 Å². The Morgan fingerprint density at radius 1 is 0.771 bits per heavy atom. The predicted octanol–water partition coefficient (Wildman–Crippen LogP) is 11.9. The fraction of sp³-hybridized carbons (Fsp3) is 0.233. The Kier molecular flexibility index (Phi) is 10.7. The maximum atomic E-state index is 9.60. The number of allylic oxidation sites excluding steroid dienone is 2. The van der Waals surface area contributed by atoms with Crippen molar-refractivity contribution >= 4 is 43.8 Å². The van der Waals surface area contributed by atoms with E-state index in [4.69, 9.17) is 11.6 Å². The fourth-order valence-electron chi connectivity index (χ4n) is 5.55. The summed E-state index contributed by atoms with van der Waals surface area (Å²) < 4.78 is 0. The molecule has 0 spiro atoms. The molecular formula is C43H42IrN2O2. The monoisotopic (exact) mass is 811 g/mol. The van der Waals surface area contributed by atoms with E-state index in [2.05, 4.69) is 91.5 Å². The van der Waals surface area contributed by atoms with Crippen LogP contribution in [0.1, 0.15) is 52.7 Å². The van der Waals surface area contributed by atoms with Crippen LogP contribution in [0.25, 0.3) is 59.5 Å². The van der Waals surface area contributed by atoms with E-state index in [1.54, 1.807) is 0 Å². The van der Waals surface area contributed by atoms with E-state index in [-0.39, 0.29) is 42.5 Å². The van der Waals surface area contributed by atoms with Gasteiger partial charge < -0.3 is 10.1 Å². The number of nitrogens with zero attached hydrogens (tertiary/aromatic N) is 2. The Morgan fingerprint density at radius 3 is 2.06 bits per heavy atom. The SMILES string of the molecule is CC(C)(C)C(=[OH+])/C=C(\O)C(C)(C)C.[C-]#[N+]c1cccc(-c2ccc3c(ccc4c5ccnc(-c6[c-]c(C)cc(C)c6)c5ccc34)c2)c1.[Ir]. The molecule has 4 nitrogen and oxygen atoms in total. The summed E-state index contributed by atoms with van der Waals surface area (Å²) in [5.74, 6) is 0.417. The molecule has 5 aromatic carbocycles. The van der Waals surface area contributed by atoms with Crippen molar-refractivity contribution in [2.45, 2.75) is 55.4 Å². The maximum absolute atomic E-state index is 9.60. The van der Waals surface area contributed by atoms with E-state index in [1.165, 1.54) is 38.6 Å². The molecule has 0 fully saturated rings. The molecule has 0 saturated carbocycles. The molecule has 245 valence electrons. The zero-order valence-corrected chi connectivity index (χ0v) is 31.3. The van der Waals surface area contributed by atoms with E-state index >= 15 is 0 Å². The number of carbonyl (C=O) groups excluding carboxylic acids is 1. The Morgan fingerprint density at radius 2 is 1.40 bits per heavy atom. The van der Waals surface area contributed by atoms with Gasteiger partial charge in [0.15, 0.2) is 5.69 Å². The minimum absolute atomic E-state index is 0. The molecule has 0 unspecified atom stereocenters. The van der Waals surface area contributed by atoms with Crippen LogP contribution in [0.15, 0.2) is 103 Å². The van der Waals surface area contributed by atoms with Gasteiger partial charge in [-0.3, -0.25) is 4.79 Å². The molecule has 0 bridgehead atoms. The van der Waals surface area contributed by atoms with Crippen LogP contribution in [-0.2, 0) is 20.1 Å². The van der Waals surface area contributed by atoms with Crippen molar-refractivity contribution in [3.63, 3.8) is 0 Å². The molecule has 1 radical (unpaired) electrons. The van der Waals surface area contributed by atoms with Gasteiger partial charge in [0, 0.05) is 31.7 Å². The van der Waals surface area contributed by atoms with E-state index in [0.717, 1.165) is 33.3 Å². The molecular weight excluding hydrogens is 769 g/mol. The molecule has 0 saturated heterocycles. The van der Waals surface area contributed by atoms with E-state index in [0.29, 0.717) is 5.69 Å². The third-order valence-electron chi connectivity index (χ3n) is 8.28. The third kappa shape index (κ3) is 7.91. The molecule has 0 atom stereocenters. The first-order valence-electron chi connectivity index (χ1n) is 15.9. The van der Waals surface area contributed by atoms with E-state index in [9.17, 15) is 9.90 Å². The van der Waals surface area contributed by atoms with Gasteiger partial charge in [-0.05, 0) is 88.1 Å². The Balaban J connectivity index is 0.000000319. The van der Waals surface area contributed by atoms with Gasteiger partial charge in [-0.15, -0.1) is 34.9 Å². The number of ketones is 1. The van der Waals surface area contributed by atoms with Crippen LogP contribution in [0.2, 0.25) is 0 Å². The van der Waals surface area contributed by atoms with Crippen molar-refractivity contribution in [2.24, 2.45) is 10.8 Å². The maximum Gasteiger partial charge on any atom is 0.325 e. The number of aliphatic hydroxyl groups excluding tert-OH is 1. The second-order valence-electron chi connectivity index (χ2n) is 14.2. The summed E-state index contributed by atoms with van der Waals surface area (Å²) in [7, 11) is 0. The summed E-state index contributed by atoms with van der Waals surface area (Å²) in [5, 5.41) is 16.8. The molecule has 0 aliphatic rings. The number of aliphatic hydroxyl groups is 1. The first-order valence-corrected chi connectivity index (χ1v) is 15.9. The zero-order chi connectivity index (χ0) is 34.1. The second kappa shape index (κ2) is 14.2. The van der Waals surface area contributed by atoms with Crippen LogP contribution in [-0.4, -0.2) is 20.7 Å². The predicted molar refractivity (Wildman–Crippen MR) is 199 cm³/mol. The summed E-state index contributed by atoms with van der Waals surface area (Å²) >= 11 is 0. The van der Waals surface area contributed by atoms with Crippen LogP contribution in [0, 0.1) is 37.3 Å². The number of benzene rings is 5. The minimum Gasteiger partial charge on any atom is -0.511 e. The van der Waals surface area contributed by atoms with Gasteiger partial charge in [-0.25, -0.2) is 4.85 Å². The number of hydrogen-bond acceptors (Lipinski definition) is 2. The first-order chi connectivity index (χ1) is 22.2. The molecule has 0 aliphatic carbocycles. The Labute approximate surface area is 297 Å². The van der Waals surface area contributed by atoms with E-state index in [1.807, 2.05) is 65.9 Å². The number of fused-ring (bicyclic) bond motifs is 5. The van der Waals surface area contributed by atoms with Crippen molar-refractivity contribution < 1.29 is 30.0 Å². The van der Waals surface area contributed by atoms with Gasteiger partial charge in [0.2, 0.25) is 0 Å². The second-order valence-corrected chi connectivity index (χ2v) is 14.2. The van der Waals surface area contributed by atoms with Crippen LogP contribution < -0.4 is 0 Å². The molecule has 1 aromatic heterocycles. The van der Waals surface area contributed by atoms with Crippen LogP contribution in [0.3, 0.4) is 0 Å². The average molecular weight is 811 g/mol. The summed E-state index contributed by atoms with van der Waals surface area (Å²) in [6, 6.07) is 33.1. The van der Waals surface area contributed by atoms with Crippen LogP contribution in [0.4, 0.5) is 5.69 Å². The summed E-state index contributed by atoms with van der Waals surface area (Å²) in [6.07, 6.45) is 3.35. The quantitative estimate of drug-likeness (QED) is 0.0636. The molecule has 0 aliphatic heterocycles. The fourth-order valence-corrected chi connectivity index (χ4v) is 5.55. The Bertz CT molecular complexity index is 2210. The summed E-state index contributed by atoms with van der Waals surface area (Å²) in [5.41, 5.74) is 6.58. The minimum atomic E-state index is -0.306. The van der Waals surface area contributed by atoms with Crippen molar-refractivity contribution in [3.8, 4) is 22.4 Å². The molecule has 6 aromatic rings. The van der Waals surface area contributed by atoms with Crippen molar-refractivity contribution in [1.29, 1.82) is 0 Å². The molecule has 6 rings (SSSR count). The number of rotatable bonds is 3. The smallest absolute Gasteiger partial charge is 0.325 e. The molecule has 5 heteroatoms. The molecule has 0 amide bonds. The van der Waals surface area contributed by atoms with Gasteiger partial charge >= 0.3 is 5.78 Å². The van der Waals surface area contributed by atoms with Crippen molar-refractivity contribution in [1.82, 2.24) is 4.98 Å². The van der Waals surface area contributed by atoms with Crippen LogP contribution in [0.5, 0.6) is 0 Å². The summed E-state index contributed by atoms with van der Waals surface area (Å²) in [6.45, 7) is 22.9. The van der Waals surface area contributed by atoms with Gasteiger partial charge in [0.1, 0.15) is 5.76 Å². The van der Waals surface area contributed by atoms with Gasteiger partial charge in [-0.1, -0.05) is 89.2 Å². The average Bonchev–Trinajstić information content (AvgIpc) is 3.02. The van der Waals surface area contributed by atoms with Gasteiger partial charge in [0.05, 0.1) is 18.1 Å². The van der Waals surface area contributed by atoms with Crippen molar-refractivity contribution in [2.75, 3.05) is 0 Å². The third-order valence-corrected chi connectivity index (χ3v) is 8.28. The topological polar surface area (TPSA) is 58.9 Å². The van der Waals surface area contributed by atoms with Gasteiger partial charge in [0.25, 0.3) is 0 Å². The standard InChI is InChI=1S/C32H21N2.C11H20O2.Ir/c1-20-15-21(2)17-25(16-20)32-31-12-11-28-27-9-7-23(22-5-4-6-26(19-22)33-3)18-24(27)8-10-29(28)30(31)13-14-34-32;1-10(2,3)8(12)7-9(13)11(4,5)6;/h4-16,18-19H,1-2H3;7,12H,1-6H3;/q-1;;/p+1/b;8-7-;. The molecule has 2 N–H and O–H groups in total. The number of pyridine rings is 1. The zero-order valence-electron chi connectivity index (χ0n) is 28.9. The first kappa shape index (κ1) is 36.2. The largest absolute Gasteiger partial charge is 0.511 e.